The molecule has 1 rings (SSSR count). The van der Waals surface area contributed by atoms with Crippen LogP contribution in [0.3, 0.4) is 0 Å². The third-order valence-corrected chi connectivity index (χ3v) is 2.80. The molecule has 3 N–H and O–H groups in total. The Labute approximate surface area is 127 Å². The van der Waals surface area contributed by atoms with Gasteiger partial charge < -0.3 is 15.8 Å². The van der Waals surface area contributed by atoms with E-state index < -0.39 is 0 Å². The molecule has 0 saturated carbocycles. The smallest absolute Gasteiger partial charge is 0.251 e. The highest BCUT2D eigenvalue weighted by atomic mass is 35.5. The van der Waals surface area contributed by atoms with Crippen LogP contribution in [0, 0.1) is 0 Å². The number of unbranched alkanes of at least 4 members (excludes halogenated alkanes) is 2. The van der Waals surface area contributed by atoms with Crippen molar-refractivity contribution in [2.24, 2.45) is 5.73 Å². The van der Waals surface area contributed by atoms with Crippen molar-refractivity contribution in [2.75, 3.05) is 19.7 Å². The van der Waals surface area contributed by atoms with Gasteiger partial charge in [-0.1, -0.05) is 19.8 Å². The van der Waals surface area contributed by atoms with Crippen molar-refractivity contribution in [1.29, 1.82) is 0 Å². The summed E-state index contributed by atoms with van der Waals surface area (Å²) in [4.78, 5) is 11.7. The lowest BCUT2D eigenvalue weighted by atomic mass is 10.2. The van der Waals surface area contributed by atoms with Gasteiger partial charge in [0.15, 0.2) is 0 Å². The standard InChI is InChI=1S/C15H24N2O2.ClH/c1-2-3-4-12-19-14-8-6-13(7-9-14)15(18)17-11-5-10-16;/h6-9H,2-5,10-12,16H2,1H3,(H,17,18);1H. The first-order chi connectivity index (χ1) is 9.27. The van der Waals surface area contributed by atoms with Gasteiger partial charge in [-0.05, 0) is 43.7 Å². The van der Waals surface area contributed by atoms with Gasteiger partial charge in [-0.15, -0.1) is 12.4 Å². The van der Waals surface area contributed by atoms with E-state index in [1.165, 1.54) is 12.8 Å². The van der Waals surface area contributed by atoms with E-state index >= 15 is 0 Å². The zero-order chi connectivity index (χ0) is 13.9. The maximum atomic E-state index is 11.7. The number of nitrogens with two attached hydrogens (primary N) is 1. The van der Waals surface area contributed by atoms with Crippen molar-refractivity contribution < 1.29 is 9.53 Å². The fourth-order valence-electron chi connectivity index (χ4n) is 1.65. The summed E-state index contributed by atoms with van der Waals surface area (Å²) in [6, 6.07) is 7.24. The van der Waals surface area contributed by atoms with E-state index in [0.29, 0.717) is 18.7 Å². The lowest BCUT2D eigenvalue weighted by Gasteiger charge is -2.07. The third kappa shape index (κ3) is 7.36. The van der Waals surface area contributed by atoms with E-state index in [-0.39, 0.29) is 18.3 Å². The number of nitrogens with one attached hydrogen (secondary N) is 1. The van der Waals surface area contributed by atoms with Crippen LogP contribution in [-0.4, -0.2) is 25.6 Å². The lowest BCUT2D eigenvalue weighted by molar-refractivity contribution is 0.0953. The first-order valence-electron chi connectivity index (χ1n) is 6.99. The summed E-state index contributed by atoms with van der Waals surface area (Å²) >= 11 is 0. The van der Waals surface area contributed by atoms with Crippen LogP contribution < -0.4 is 15.8 Å². The Balaban J connectivity index is 0.00000361. The average Bonchev–Trinajstić information content (AvgIpc) is 2.44. The van der Waals surface area contributed by atoms with Crippen molar-refractivity contribution in [3.63, 3.8) is 0 Å². The maximum Gasteiger partial charge on any atom is 0.251 e. The zero-order valence-electron chi connectivity index (χ0n) is 12.1. The quantitative estimate of drug-likeness (QED) is 0.689. The average molecular weight is 301 g/mol. The van der Waals surface area contributed by atoms with Crippen molar-refractivity contribution in [3.8, 4) is 5.75 Å². The third-order valence-electron chi connectivity index (χ3n) is 2.80. The molecule has 4 nitrogen and oxygen atoms in total. The molecule has 0 atom stereocenters. The minimum atomic E-state index is -0.0639. The number of hydrogen-bond donors (Lipinski definition) is 2. The topological polar surface area (TPSA) is 64.3 Å². The number of ether oxygens (including phenoxy) is 1. The summed E-state index contributed by atoms with van der Waals surface area (Å²) in [5.41, 5.74) is 6.02. The number of hydrogen-bond acceptors (Lipinski definition) is 3. The molecule has 0 spiro atoms. The van der Waals surface area contributed by atoms with Gasteiger partial charge >= 0.3 is 0 Å². The molecule has 114 valence electrons. The number of amides is 1. The van der Waals surface area contributed by atoms with E-state index in [9.17, 15) is 4.79 Å². The molecule has 0 aliphatic heterocycles. The second-order valence-corrected chi connectivity index (χ2v) is 4.48. The number of carbonyl (C=O) groups is 1. The molecule has 0 bridgehead atoms. The molecule has 0 saturated heterocycles. The molecule has 0 fully saturated rings. The van der Waals surface area contributed by atoms with Gasteiger partial charge in [0.1, 0.15) is 5.75 Å². The molecule has 20 heavy (non-hydrogen) atoms. The maximum absolute atomic E-state index is 11.7. The van der Waals surface area contributed by atoms with E-state index in [1.54, 1.807) is 12.1 Å². The molecule has 0 radical (unpaired) electrons. The fourth-order valence-corrected chi connectivity index (χ4v) is 1.65. The predicted molar refractivity (Wildman–Crippen MR) is 84.7 cm³/mol. The molecule has 0 aliphatic rings. The monoisotopic (exact) mass is 300 g/mol. The lowest BCUT2D eigenvalue weighted by Crippen LogP contribution is -2.25. The molecular formula is C15H25ClN2O2. The minimum Gasteiger partial charge on any atom is -0.494 e. The first kappa shape index (κ1) is 18.7. The Bertz CT molecular complexity index is 369. The van der Waals surface area contributed by atoms with Crippen LogP contribution in [0.2, 0.25) is 0 Å². The summed E-state index contributed by atoms with van der Waals surface area (Å²) in [5.74, 6) is 0.751. The molecule has 1 amide bonds. The van der Waals surface area contributed by atoms with Crippen molar-refractivity contribution in [3.05, 3.63) is 29.8 Å². The normalized spacial score (nSPS) is 9.70. The molecule has 1 aromatic carbocycles. The summed E-state index contributed by atoms with van der Waals surface area (Å²) in [7, 11) is 0. The van der Waals surface area contributed by atoms with E-state index in [2.05, 4.69) is 12.2 Å². The van der Waals surface area contributed by atoms with E-state index in [1.807, 2.05) is 12.1 Å². The SMILES string of the molecule is CCCCCOc1ccc(C(=O)NCCCN)cc1.Cl. The Morgan fingerprint density at radius 3 is 2.50 bits per heavy atom. The Morgan fingerprint density at radius 2 is 1.90 bits per heavy atom. The highest BCUT2D eigenvalue weighted by molar-refractivity contribution is 5.94. The second-order valence-electron chi connectivity index (χ2n) is 4.48. The van der Waals surface area contributed by atoms with Crippen molar-refractivity contribution in [2.45, 2.75) is 32.6 Å². The molecule has 5 heteroatoms. The summed E-state index contributed by atoms with van der Waals surface area (Å²) in [6.45, 7) is 4.10. The fraction of sp³-hybridized carbons (Fsp3) is 0.533. The number of halogens is 1. The first-order valence-corrected chi connectivity index (χ1v) is 6.99. The van der Waals surface area contributed by atoms with Crippen LogP contribution in [0.1, 0.15) is 43.0 Å². The van der Waals surface area contributed by atoms with Gasteiger partial charge in [-0.25, -0.2) is 0 Å². The largest absolute Gasteiger partial charge is 0.494 e. The molecule has 0 aromatic heterocycles. The second kappa shape index (κ2) is 11.6. The highest BCUT2D eigenvalue weighted by Gasteiger charge is 2.04. The van der Waals surface area contributed by atoms with Crippen molar-refractivity contribution in [1.82, 2.24) is 5.32 Å². The predicted octanol–water partition coefficient (Wildman–Crippen LogP) is 2.76. The van der Waals surface area contributed by atoms with Crippen LogP contribution >= 0.6 is 12.4 Å². The van der Waals surface area contributed by atoms with Gasteiger partial charge in [-0.2, -0.15) is 0 Å². The van der Waals surface area contributed by atoms with Gasteiger partial charge in [0, 0.05) is 12.1 Å². The summed E-state index contributed by atoms with van der Waals surface area (Å²) in [6.07, 6.45) is 4.23. The Hall–Kier alpha value is -1.26. The molecule has 0 aliphatic carbocycles. The van der Waals surface area contributed by atoms with Crippen LogP contribution in [0.5, 0.6) is 5.75 Å². The Kier molecular flexibility index (Phi) is 10.8. The van der Waals surface area contributed by atoms with Gasteiger partial charge in [-0.3, -0.25) is 4.79 Å². The Morgan fingerprint density at radius 1 is 1.20 bits per heavy atom. The molecular weight excluding hydrogens is 276 g/mol. The van der Waals surface area contributed by atoms with Crippen LogP contribution in [0.15, 0.2) is 24.3 Å². The molecule has 0 heterocycles. The van der Waals surface area contributed by atoms with Gasteiger partial charge in [0.25, 0.3) is 5.91 Å². The van der Waals surface area contributed by atoms with Gasteiger partial charge in [0.2, 0.25) is 0 Å². The molecule has 1 aromatic rings. The highest BCUT2D eigenvalue weighted by Crippen LogP contribution is 2.12. The van der Waals surface area contributed by atoms with Crippen LogP contribution in [0.25, 0.3) is 0 Å². The minimum absolute atomic E-state index is 0. The van der Waals surface area contributed by atoms with Gasteiger partial charge in [0.05, 0.1) is 6.61 Å². The van der Waals surface area contributed by atoms with E-state index in [0.717, 1.165) is 25.2 Å². The number of rotatable bonds is 9. The van der Waals surface area contributed by atoms with Crippen molar-refractivity contribution >= 4 is 18.3 Å². The number of carbonyl (C=O) groups excluding carboxylic acids is 1. The molecule has 0 unspecified atom stereocenters. The number of benzene rings is 1. The van der Waals surface area contributed by atoms with Crippen LogP contribution in [-0.2, 0) is 0 Å². The van der Waals surface area contributed by atoms with E-state index in [4.69, 9.17) is 10.5 Å². The zero-order valence-corrected chi connectivity index (χ0v) is 12.9. The summed E-state index contributed by atoms with van der Waals surface area (Å²) < 4.78 is 5.59. The van der Waals surface area contributed by atoms with Crippen LogP contribution in [0.4, 0.5) is 0 Å². The summed E-state index contributed by atoms with van der Waals surface area (Å²) in [5, 5.41) is 2.82.